The first-order valence-electron chi connectivity index (χ1n) is 6.23. The minimum Gasteiger partial charge on any atom is -0.383 e. The lowest BCUT2D eigenvalue weighted by atomic mass is 10.3. The van der Waals surface area contributed by atoms with Crippen molar-refractivity contribution >= 4 is 11.6 Å². The zero-order valence-electron chi connectivity index (χ0n) is 11.4. The first-order chi connectivity index (χ1) is 10.1. The number of pyridine rings is 2. The zero-order chi connectivity index (χ0) is 15.2. The molecule has 0 aromatic carbocycles. The average Bonchev–Trinajstić information content (AvgIpc) is 2.47. The number of hydrogen-bond acceptors (Lipinski definition) is 4. The topological polar surface area (TPSA) is 73.2 Å². The van der Waals surface area contributed by atoms with Crippen LogP contribution in [0.1, 0.15) is 10.5 Å². The number of carbonyl (C=O) groups is 1. The molecule has 0 fully saturated rings. The van der Waals surface area contributed by atoms with Crippen LogP contribution in [0.5, 0.6) is 0 Å². The number of aromatic nitrogens is 2. The summed E-state index contributed by atoms with van der Waals surface area (Å²) in [4.78, 5) is 27.0. The predicted molar refractivity (Wildman–Crippen MR) is 74.7 cm³/mol. The van der Waals surface area contributed by atoms with Crippen molar-refractivity contribution in [3.8, 4) is 0 Å². The maximum atomic E-state index is 13.0. The molecule has 0 aliphatic heterocycles. The highest BCUT2D eigenvalue weighted by Crippen LogP contribution is 2.06. The monoisotopic (exact) mass is 291 g/mol. The maximum Gasteiger partial charge on any atom is 0.274 e. The van der Waals surface area contributed by atoms with Gasteiger partial charge in [-0.2, -0.15) is 4.39 Å². The second kappa shape index (κ2) is 6.76. The van der Waals surface area contributed by atoms with Crippen LogP contribution in [0.25, 0.3) is 0 Å². The Bertz CT molecular complexity index is 700. The molecule has 0 aliphatic rings. The van der Waals surface area contributed by atoms with Crippen molar-refractivity contribution in [1.82, 2.24) is 9.55 Å². The second-order valence-electron chi connectivity index (χ2n) is 4.24. The second-order valence-corrected chi connectivity index (χ2v) is 4.24. The Balaban J connectivity index is 2.16. The molecule has 0 saturated heterocycles. The summed E-state index contributed by atoms with van der Waals surface area (Å²) >= 11 is 0. The number of methoxy groups -OCH3 is 1. The molecule has 7 heteroatoms. The molecule has 2 heterocycles. The van der Waals surface area contributed by atoms with E-state index in [0.717, 1.165) is 6.07 Å². The Hall–Kier alpha value is -2.54. The molecule has 0 saturated carbocycles. The summed E-state index contributed by atoms with van der Waals surface area (Å²) in [5, 5.41) is 2.56. The van der Waals surface area contributed by atoms with E-state index in [0.29, 0.717) is 18.8 Å². The summed E-state index contributed by atoms with van der Waals surface area (Å²) in [6.45, 7) is 0.750. The highest BCUT2D eigenvalue weighted by molar-refractivity contribution is 6.02. The summed E-state index contributed by atoms with van der Waals surface area (Å²) in [5.41, 5.74) is 0.181. The molecule has 2 rings (SSSR count). The summed E-state index contributed by atoms with van der Waals surface area (Å²) in [5.74, 6) is -1.28. The summed E-state index contributed by atoms with van der Waals surface area (Å²) < 4.78 is 19.3. The molecule has 0 atom stereocenters. The van der Waals surface area contributed by atoms with Gasteiger partial charge in [0, 0.05) is 25.9 Å². The fourth-order valence-electron chi connectivity index (χ4n) is 1.70. The van der Waals surface area contributed by atoms with Gasteiger partial charge in [-0.25, -0.2) is 4.98 Å². The third-order valence-corrected chi connectivity index (χ3v) is 2.73. The fraction of sp³-hybridized carbons (Fsp3) is 0.214. The van der Waals surface area contributed by atoms with Gasteiger partial charge in [-0.15, -0.1) is 0 Å². The Morgan fingerprint density at radius 1 is 1.38 bits per heavy atom. The number of amides is 1. The summed E-state index contributed by atoms with van der Waals surface area (Å²) in [7, 11) is 1.53. The number of anilines is 1. The molecule has 2 aromatic heterocycles. The normalized spacial score (nSPS) is 10.4. The minimum atomic E-state index is -0.729. The van der Waals surface area contributed by atoms with E-state index in [1.807, 2.05) is 0 Å². The molecule has 1 amide bonds. The van der Waals surface area contributed by atoms with Crippen molar-refractivity contribution in [2.24, 2.45) is 0 Å². The standard InChI is InChI=1S/C14H14FN3O3/c1-21-8-7-18-9-10(5-6-13(18)19)16-14(20)11-3-2-4-12(15)17-11/h2-6,9H,7-8H2,1H3,(H,16,20). The van der Waals surface area contributed by atoms with Gasteiger partial charge in [-0.1, -0.05) is 6.07 Å². The van der Waals surface area contributed by atoms with Crippen LogP contribution >= 0.6 is 0 Å². The van der Waals surface area contributed by atoms with Crippen LogP contribution in [-0.2, 0) is 11.3 Å². The van der Waals surface area contributed by atoms with Gasteiger partial charge in [0.1, 0.15) is 5.69 Å². The van der Waals surface area contributed by atoms with E-state index in [2.05, 4.69) is 10.3 Å². The predicted octanol–water partition coefficient (Wildman–Crippen LogP) is 1.28. The molecule has 110 valence electrons. The van der Waals surface area contributed by atoms with Gasteiger partial charge in [0.15, 0.2) is 0 Å². The van der Waals surface area contributed by atoms with Gasteiger partial charge in [-0.05, 0) is 18.2 Å². The Morgan fingerprint density at radius 2 is 2.19 bits per heavy atom. The average molecular weight is 291 g/mol. The summed E-state index contributed by atoms with van der Waals surface area (Å²) in [6, 6.07) is 6.77. The van der Waals surface area contributed by atoms with Gasteiger partial charge >= 0.3 is 0 Å². The largest absolute Gasteiger partial charge is 0.383 e. The third kappa shape index (κ3) is 3.96. The van der Waals surface area contributed by atoms with Gasteiger partial charge in [-0.3, -0.25) is 9.59 Å². The lowest BCUT2D eigenvalue weighted by Gasteiger charge is -2.09. The van der Waals surface area contributed by atoms with E-state index < -0.39 is 11.9 Å². The number of nitrogens with one attached hydrogen (secondary N) is 1. The van der Waals surface area contributed by atoms with Crippen molar-refractivity contribution in [3.05, 3.63) is 58.5 Å². The van der Waals surface area contributed by atoms with Crippen molar-refractivity contribution in [2.45, 2.75) is 6.54 Å². The van der Waals surface area contributed by atoms with E-state index >= 15 is 0 Å². The Morgan fingerprint density at radius 3 is 2.90 bits per heavy atom. The number of carbonyl (C=O) groups excluding carboxylic acids is 1. The van der Waals surface area contributed by atoms with Crippen LogP contribution in [0.15, 0.2) is 41.3 Å². The van der Waals surface area contributed by atoms with Crippen molar-refractivity contribution in [3.63, 3.8) is 0 Å². The first kappa shape index (κ1) is 14.9. The fourth-order valence-corrected chi connectivity index (χ4v) is 1.70. The van der Waals surface area contributed by atoms with E-state index in [1.165, 1.54) is 42.1 Å². The van der Waals surface area contributed by atoms with E-state index in [9.17, 15) is 14.0 Å². The molecular weight excluding hydrogens is 277 g/mol. The van der Waals surface area contributed by atoms with Crippen LogP contribution in [0, 0.1) is 5.95 Å². The van der Waals surface area contributed by atoms with E-state index in [1.54, 1.807) is 0 Å². The molecule has 2 aromatic rings. The van der Waals surface area contributed by atoms with E-state index in [-0.39, 0.29) is 11.3 Å². The van der Waals surface area contributed by atoms with Gasteiger partial charge in [0.25, 0.3) is 11.5 Å². The minimum absolute atomic E-state index is 0.0374. The maximum absolute atomic E-state index is 13.0. The van der Waals surface area contributed by atoms with Crippen molar-refractivity contribution in [1.29, 1.82) is 0 Å². The lowest BCUT2D eigenvalue weighted by molar-refractivity contribution is 0.102. The number of rotatable bonds is 5. The molecule has 6 nitrogen and oxygen atoms in total. The molecule has 0 aliphatic carbocycles. The van der Waals surface area contributed by atoms with Crippen molar-refractivity contribution in [2.75, 3.05) is 19.0 Å². The molecule has 21 heavy (non-hydrogen) atoms. The van der Waals surface area contributed by atoms with Gasteiger partial charge in [0.05, 0.1) is 12.3 Å². The van der Waals surface area contributed by atoms with Crippen LogP contribution < -0.4 is 10.9 Å². The van der Waals surface area contributed by atoms with Gasteiger partial charge in [0.2, 0.25) is 5.95 Å². The number of nitrogens with zero attached hydrogens (tertiary/aromatic N) is 2. The third-order valence-electron chi connectivity index (χ3n) is 2.73. The smallest absolute Gasteiger partial charge is 0.274 e. The number of halogens is 1. The quantitative estimate of drug-likeness (QED) is 0.842. The molecule has 0 radical (unpaired) electrons. The Kier molecular flexibility index (Phi) is 4.78. The molecule has 1 N–H and O–H groups in total. The van der Waals surface area contributed by atoms with E-state index in [4.69, 9.17) is 4.74 Å². The first-order valence-corrected chi connectivity index (χ1v) is 6.23. The summed E-state index contributed by atoms with van der Waals surface area (Å²) in [6.07, 6.45) is 1.50. The molecule has 0 bridgehead atoms. The number of ether oxygens (including phenoxy) is 1. The molecular formula is C14H14FN3O3. The highest BCUT2D eigenvalue weighted by Gasteiger charge is 2.09. The van der Waals surface area contributed by atoms with Crippen LogP contribution in [0.3, 0.4) is 0 Å². The SMILES string of the molecule is COCCn1cc(NC(=O)c2cccc(F)n2)ccc1=O. The van der Waals surface area contributed by atoms with Gasteiger partial charge < -0.3 is 14.6 Å². The van der Waals surface area contributed by atoms with Crippen LogP contribution in [0.4, 0.5) is 10.1 Å². The Labute approximate surface area is 120 Å². The molecule has 0 spiro atoms. The van der Waals surface area contributed by atoms with Crippen molar-refractivity contribution < 1.29 is 13.9 Å². The van der Waals surface area contributed by atoms with Crippen LogP contribution in [-0.4, -0.2) is 29.2 Å². The van der Waals surface area contributed by atoms with Crippen LogP contribution in [0.2, 0.25) is 0 Å². The number of hydrogen-bond donors (Lipinski definition) is 1. The molecule has 0 unspecified atom stereocenters. The lowest BCUT2D eigenvalue weighted by Crippen LogP contribution is -2.22. The highest BCUT2D eigenvalue weighted by atomic mass is 19.1. The zero-order valence-corrected chi connectivity index (χ0v) is 11.4.